The van der Waals surface area contributed by atoms with E-state index in [2.05, 4.69) is 35.6 Å². The van der Waals surface area contributed by atoms with Crippen LogP contribution in [0.25, 0.3) is 11.3 Å². The van der Waals surface area contributed by atoms with Crippen molar-refractivity contribution in [2.24, 2.45) is 0 Å². The Bertz CT molecular complexity index is 840. The first-order valence-corrected chi connectivity index (χ1v) is 9.30. The van der Waals surface area contributed by atoms with E-state index in [1.54, 1.807) is 6.20 Å². The number of aromatic amines is 1. The molecular formula is C23H26N2O. The van der Waals surface area contributed by atoms with Gasteiger partial charge in [0.25, 0.3) is 0 Å². The molecule has 0 saturated heterocycles. The Morgan fingerprint density at radius 2 is 2.19 bits per heavy atom. The zero-order valence-electron chi connectivity index (χ0n) is 15.4. The van der Waals surface area contributed by atoms with E-state index in [-0.39, 0.29) is 0 Å². The third-order valence-corrected chi connectivity index (χ3v) is 4.94. The summed E-state index contributed by atoms with van der Waals surface area (Å²) in [4.78, 5) is 20.0. The molecule has 1 aliphatic carbocycles. The van der Waals surface area contributed by atoms with Gasteiger partial charge in [0.15, 0.2) is 0 Å². The van der Waals surface area contributed by atoms with Crippen molar-refractivity contribution in [2.45, 2.75) is 45.4 Å². The molecule has 2 heterocycles. The maximum absolute atomic E-state index is 12.4. The summed E-state index contributed by atoms with van der Waals surface area (Å²) in [6.07, 6.45) is 16.6. The summed E-state index contributed by atoms with van der Waals surface area (Å²) in [5.41, 5.74) is 7.24. The molecule has 0 unspecified atom stereocenters. The van der Waals surface area contributed by atoms with E-state index in [1.807, 2.05) is 30.6 Å². The van der Waals surface area contributed by atoms with Crippen LogP contribution in [-0.2, 0) is 17.6 Å². The molecule has 2 aromatic rings. The first-order valence-electron chi connectivity index (χ1n) is 9.30. The average Bonchev–Trinajstić information content (AvgIpc) is 3.28. The lowest BCUT2D eigenvalue weighted by molar-refractivity contribution is -0.118. The SMILES string of the molecule is C=CCc1c(CCC(=O)CC2=CC=C(CC)C2)c[nH]c1-c1cccnc1. The van der Waals surface area contributed by atoms with Gasteiger partial charge in [0, 0.05) is 37.0 Å². The van der Waals surface area contributed by atoms with Gasteiger partial charge >= 0.3 is 0 Å². The van der Waals surface area contributed by atoms with Gasteiger partial charge in [-0.25, -0.2) is 0 Å². The molecule has 0 atom stereocenters. The fourth-order valence-electron chi connectivity index (χ4n) is 3.49. The van der Waals surface area contributed by atoms with Crippen molar-refractivity contribution in [3.63, 3.8) is 0 Å². The Kier molecular flexibility index (Phi) is 6.00. The number of ketones is 1. The second-order valence-electron chi connectivity index (χ2n) is 6.80. The summed E-state index contributed by atoms with van der Waals surface area (Å²) in [5.74, 6) is 0.315. The summed E-state index contributed by atoms with van der Waals surface area (Å²) >= 11 is 0. The highest BCUT2D eigenvalue weighted by atomic mass is 16.1. The van der Waals surface area contributed by atoms with Crippen molar-refractivity contribution in [1.29, 1.82) is 0 Å². The van der Waals surface area contributed by atoms with E-state index in [9.17, 15) is 4.79 Å². The van der Waals surface area contributed by atoms with Gasteiger partial charge in [0.05, 0.1) is 5.69 Å². The number of Topliss-reactive ketones (excluding diaryl/α,β-unsaturated/α-hetero) is 1. The first kappa shape index (κ1) is 18.1. The van der Waals surface area contributed by atoms with Crippen LogP contribution in [0.2, 0.25) is 0 Å². The van der Waals surface area contributed by atoms with Gasteiger partial charge in [-0.2, -0.15) is 0 Å². The predicted molar refractivity (Wildman–Crippen MR) is 107 cm³/mol. The highest BCUT2D eigenvalue weighted by molar-refractivity contribution is 5.81. The maximum atomic E-state index is 12.4. The van der Waals surface area contributed by atoms with Gasteiger partial charge in [0.2, 0.25) is 0 Å². The smallest absolute Gasteiger partial charge is 0.137 e. The Morgan fingerprint density at radius 1 is 1.35 bits per heavy atom. The standard InChI is InChI=1S/C23H26N2O/c1-3-6-22-19(16-25-23(22)20-7-5-12-24-15-20)10-11-21(26)14-18-9-8-17(4-2)13-18/h3,5,7-9,12,15-16,25H,1,4,6,10-11,13-14H2,2H3. The number of allylic oxidation sites excluding steroid dienone is 5. The molecule has 0 aromatic carbocycles. The zero-order chi connectivity index (χ0) is 18.4. The second-order valence-corrected chi connectivity index (χ2v) is 6.80. The number of H-pyrrole nitrogens is 1. The van der Waals surface area contributed by atoms with E-state index in [0.29, 0.717) is 18.6 Å². The van der Waals surface area contributed by atoms with Crippen LogP contribution in [0.3, 0.4) is 0 Å². The number of hydrogen-bond acceptors (Lipinski definition) is 2. The Balaban J connectivity index is 1.64. The highest BCUT2D eigenvalue weighted by Gasteiger charge is 2.15. The molecular weight excluding hydrogens is 320 g/mol. The minimum Gasteiger partial charge on any atom is -0.361 e. The molecule has 26 heavy (non-hydrogen) atoms. The molecule has 0 aliphatic heterocycles. The van der Waals surface area contributed by atoms with Gasteiger partial charge in [-0.1, -0.05) is 36.3 Å². The van der Waals surface area contributed by atoms with Crippen molar-refractivity contribution in [3.8, 4) is 11.3 Å². The lowest BCUT2D eigenvalue weighted by atomic mass is 9.97. The summed E-state index contributed by atoms with van der Waals surface area (Å²) in [7, 11) is 0. The molecule has 0 saturated carbocycles. The third-order valence-electron chi connectivity index (χ3n) is 4.94. The molecule has 0 amide bonds. The summed E-state index contributed by atoms with van der Waals surface area (Å²) in [5, 5.41) is 0. The second kappa shape index (κ2) is 8.61. The van der Waals surface area contributed by atoms with Crippen LogP contribution in [0.4, 0.5) is 0 Å². The maximum Gasteiger partial charge on any atom is 0.137 e. The summed E-state index contributed by atoms with van der Waals surface area (Å²) < 4.78 is 0. The van der Waals surface area contributed by atoms with E-state index in [0.717, 1.165) is 36.9 Å². The molecule has 0 radical (unpaired) electrons. The number of carbonyl (C=O) groups excluding carboxylic acids is 1. The van der Waals surface area contributed by atoms with Crippen LogP contribution in [0.1, 0.15) is 43.7 Å². The number of pyridine rings is 1. The molecule has 0 fully saturated rings. The van der Waals surface area contributed by atoms with E-state index in [4.69, 9.17) is 0 Å². The molecule has 134 valence electrons. The van der Waals surface area contributed by atoms with Crippen molar-refractivity contribution in [2.75, 3.05) is 0 Å². The number of rotatable bonds is 9. The van der Waals surface area contributed by atoms with E-state index < -0.39 is 0 Å². The number of aryl methyl sites for hydroxylation is 1. The molecule has 1 aliphatic rings. The quantitative estimate of drug-likeness (QED) is 0.621. The normalized spacial score (nSPS) is 13.4. The minimum atomic E-state index is 0.315. The van der Waals surface area contributed by atoms with Crippen LogP contribution in [0.5, 0.6) is 0 Å². The van der Waals surface area contributed by atoms with Crippen molar-refractivity contribution in [1.82, 2.24) is 9.97 Å². The third kappa shape index (κ3) is 4.29. The van der Waals surface area contributed by atoms with Crippen LogP contribution < -0.4 is 0 Å². The van der Waals surface area contributed by atoms with Crippen LogP contribution >= 0.6 is 0 Å². The van der Waals surface area contributed by atoms with Crippen molar-refractivity contribution >= 4 is 5.78 Å². The summed E-state index contributed by atoms with van der Waals surface area (Å²) in [6, 6.07) is 3.98. The lowest BCUT2D eigenvalue weighted by Crippen LogP contribution is -2.02. The Hall–Kier alpha value is -2.68. The largest absolute Gasteiger partial charge is 0.361 e. The van der Waals surface area contributed by atoms with Gasteiger partial charge < -0.3 is 4.98 Å². The molecule has 1 N–H and O–H groups in total. The minimum absolute atomic E-state index is 0.315. The van der Waals surface area contributed by atoms with Crippen molar-refractivity contribution < 1.29 is 4.79 Å². The fraction of sp³-hybridized carbons (Fsp3) is 0.304. The van der Waals surface area contributed by atoms with Crippen molar-refractivity contribution in [3.05, 3.63) is 77.8 Å². The average molecular weight is 346 g/mol. The zero-order valence-corrected chi connectivity index (χ0v) is 15.4. The number of nitrogens with one attached hydrogen (secondary N) is 1. The molecule has 3 nitrogen and oxygen atoms in total. The van der Waals surface area contributed by atoms with Crippen LogP contribution in [-0.4, -0.2) is 15.8 Å². The van der Waals surface area contributed by atoms with E-state index >= 15 is 0 Å². The molecule has 3 rings (SSSR count). The number of hydrogen-bond donors (Lipinski definition) is 1. The number of carbonyl (C=O) groups is 1. The van der Waals surface area contributed by atoms with Gasteiger partial charge in [0.1, 0.15) is 5.78 Å². The van der Waals surface area contributed by atoms with E-state index in [1.165, 1.54) is 22.3 Å². The molecule has 2 aromatic heterocycles. The first-order chi connectivity index (χ1) is 12.7. The monoisotopic (exact) mass is 346 g/mol. The number of aromatic nitrogens is 2. The highest BCUT2D eigenvalue weighted by Crippen LogP contribution is 2.28. The Labute approximate surface area is 155 Å². The molecule has 0 spiro atoms. The Morgan fingerprint density at radius 3 is 2.88 bits per heavy atom. The fourth-order valence-corrected chi connectivity index (χ4v) is 3.49. The number of nitrogens with zero attached hydrogens (tertiary/aromatic N) is 1. The van der Waals surface area contributed by atoms with Gasteiger partial charge in [-0.05, 0) is 48.9 Å². The topological polar surface area (TPSA) is 45.8 Å². The molecule has 0 bridgehead atoms. The lowest BCUT2D eigenvalue weighted by Gasteiger charge is -2.07. The predicted octanol–water partition coefficient (Wildman–Crippen LogP) is 5.36. The van der Waals surface area contributed by atoms with Crippen LogP contribution in [0, 0.1) is 0 Å². The summed E-state index contributed by atoms with van der Waals surface area (Å²) in [6.45, 7) is 6.04. The van der Waals surface area contributed by atoms with Gasteiger partial charge in [-0.15, -0.1) is 6.58 Å². The molecule has 3 heteroatoms. The van der Waals surface area contributed by atoms with Gasteiger partial charge in [-0.3, -0.25) is 9.78 Å². The van der Waals surface area contributed by atoms with Crippen LogP contribution in [0.15, 0.2) is 66.7 Å².